The molecule has 0 fully saturated rings. The van der Waals surface area contributed by atoms with Crippen molar-refractivity contribution in [3.63, 3.8) is 0 Å². The van der Waals surface area contributed by atoms with Crippen molar-refractivity contribution in [2.24, 2.45) is 0 Å². The fourth-order valence-electron chi connectivity index (χ4n) is 2.12. The van der Waals surface area contributed by atoms with Crippen molar-refractivity contribution in [1.82, 2.24) is 9.88 Å². The standard InChI is InChI=1S/C14H11ClN4O2/c1-19-13(20)8-3-2-7(6-9(8)14(19)21)17-12-10(16)4-5-11(15)18-12/h2-6H,16H2,1H3,(H,17,18). The second-order valence-electron chi connectivity index (χ2n) is 4.63. The summed E-state index contributed by atoms with van der Waals surface area (Å²) in [6.45, 7) is 0. The maximum absolute atomic E-state index is 11.9. The molecule has 1 aliphatic rings. The maximum atomic E-state index is 11.9. The van der Waals surface area contributed by atoms with Gasteiger partial charge in [-0.3, -0.25) is 14.5 Å². The summed E-state index contributed by atoms with van der Waals surface area (Å²) in [7, 11) is 1.45. The summed E-state index contributed by atoms with van der Waals surface area (Å²) >= 11 is 5.83. The number of nitrogens with one attached hydrogen (secondary N) is 1. The number of amides is 2. The molecule has 0 saturated heterocycles. The first-order valence-electron chi connectivity index (χ1n) is 6.13. The van der Waals surface area contributed by atoms with Crippen molar-refractivity contribution in [1.29, 1.82) is 0 Å². The first kappa shape index (κ1) is 13.4. The smallest absolute Gasteiger partial charge is 0.261 e. The Morgan fingerprint density at radius 1 is 1.14 bits per heavy atom. The van der Waals surface area contributed by atoms with E-state index in [-0.39, 0.29) is 11.8 Å². The van der Waals surface area contributed by atoms with E-state index in [1.807, 2.05) is 0 Å². The quantitative estimate of drug-likeness (QED) is 0.656. The van der Waals surface area contributed by atoms with Crippen LogP contribution in [-0.4, -0.2) is 28.7 Å². The van der Waals surface area contributed by atoms with Crippen molar-refractivity contribution in [2.45, 2.75) is 0 Å². The summed E-state index contributed by atoms with van der Waals surface area (Å²) in [5, 5.41) is 3.29. The highest BCUT2D eigenvalue weighted by Crippen LogP contribution is 2.28. The number of hydrogen-bond acceptors (Lipinski definition) is 5. The van der Waals surface area contributed by atoms with Crippen molar-refractivity contribution < 1.29 is 9.59 Å². The number of pyridine rings is 1. The number of carbonyl (C=O) groups excluding carboxylic acids is 2. The van der Waals surface area contributed by atoms with Gasteiger partial charge in [-0.05, 0) is 30.3 Å². The molecule has 3 N–H and O–H groups in total. The molecule has 7 heteroatoms. The normalized spacial score (nSPS) is 13.5. The minimum atomic E-state index is -0.328. The Balaban J connectivity index is 1.97. The highest BCUT2D eigenvalue weighted by atomic mass is 35.5. The number of anilines is 3. The van der Waals surface area contributed by atoms with Gasteiger partial charge in [0.1, 0.15) is 5.15 Å². The topological polar surface area (TPSA) is 88.3 Å². The Morgan fingerprint density at radius 3 is 2.62 bits per heavy atom. The highest BCUT2D eigenvalue weighted by molar-refractivity contribution is 6.29. The lowest BCUT2D eigenvalue weighted by atomic mass is 10.1. The molecule has 21 heavy (non-hydrogen) atoms. The molecular formula is C14H11ClN4O2. The molecule has 0 bridgehead atoms. The number of hydrogen-bond donors (Lipinski definition) is 2. The number of carbonyl (C=O) groups is 2. The van der Waals surface area contributed by atoms with Gasteiger partial charge in [0.15, 0.2) is 5.82 Å². The largest absolute Gasteiger partial charge is 0.396 e. The van der Waals surface area contributed by atoms with Crippen molar-refractivity contribution in [2.75, 3.05) is 18.1 Å². The average Bonchev–Trinajstić information content (AvgIpc) is 2.68. The van der Waals surface area contributed by atoms with Gasteiger partial charge in [-0.1, -0.05) is 11.6 Å². The molecule has 0 saturated carbocycles. The molecule has 2 amide bonds. The van der Waals surface area contributed by atoms with Crippen LogP contribution in [-0.2, 0) is 0 Å². The minimum absolute atomic E-state index is 0.304. The van der Waals surface area contributed by atoms with E-state index < -0.39 is 0 Å². The van der Waals surface area contributed by atoms with Crippen LogP contribution in [0.1, 0.15) is 20.7 Å². The fourth-order valence-corrected chi connectivity index (χ4v) is 2.27. The summed E-state index contributed by atoms with van der Waals surface area (Å²) in [6, 6.07) is 8.10. The SMILES string of the molecule is CN1C(=O)c2ccc(Nc3nc(Cl)ccc3N)cc2C1=O. The highest BCUT2D eigenvalue weighted by Gasteiger charge is 2.32. The van der Waals surface area contributed by atoms with Crippen LogP contribution < -0.4 is 11.1 Å². The summed E-state index contributed by atoms with van der Waals surface area (Å²) in [4.78, 5) is 28.9. The van der Waals surface area contributed by atoms with Crippen LogP contribution in [0.5, 0.6) is 0 Å². The molecule has 1 aromatic carbocycles. The lowest BCUT2D eigenvalue weighted by molar-refractivity contribution is 0.0693. The molecule has 2 aromatic rings. The van der Waals surface area contributed by atoms with Gasteiger partial charge in [0.25, 0.3) is 11.8 Å². The molecule has 1 aliphatic heterocycles. The van der Waals surface area contributed by atoms with E-state index in [1.165, 1.54) is 7.05 Å². The number of nitrogens with zero attached hydrogens (tertiary/aromatic N) is 2. The molecule has 6 nitrogen and oxygen atoms in total. The second kappa shape index (κ2) is 4.75. The summed E-state index contributed by atoms with van der Waals surface area (Å²) in [5.41, 5.74) is 7.59. The van der Waals surface area contributed by atoms with E-state index >= 15 is 0 Å². The zero-order valence-corrected chi connectivity index (χ0v) is 11.8. The van der Waals surface area contributed by atoms with Gasteiger partial charge < -0.3 is 11.1 Å². The number of benzene rings is 1. The van der Waals surface area contributed by atoms with E-state index in [2.05, 4.69) is 10.3 Å². The zero-order valence-electron chi connectivity index (χ0n) is 11.1. The average molecular weight is 303 g/mol. The van der Waals surface area contributed by atoms with Gasteiger partial charge in [-0.2, -0.15) is 0 Å². The van der Waals surface area contributed by atoms with E-state index in [0.717, 1.165) is 4.90 Å². The van der Waals surface area contributed by atoms with Crippen molar-refractivity contribution >= 4 is 40.6 Å². The van der Waals surface area contributed by atoms with Gasteiger partial charge in [0, 0.05) is 12.7 Å². The minimum Gasteiger partial charge on any atom is -0.396 e. The number of aromatic nitrogens is 1. The Labute approximate surface area is 125 Å². The summed E-state index contributed by atoms with van der Waals surface area (Å²) < 4.78 is 0. The van der Waals surface area contributed by atoms with Crippen LogP contribution in [0.4, 0.5) is 17.2 Å². The van der Waals surface area contributed by atoms with Crippen LogP contribution in [0.15, 0.2) is 30.3 Å². The molecule has 3 rings (SSSR count). The molecule has 2 heterocycles. The van der Waals surface area contributed by atoms with E-state index in [1.54, 1.807) is 30.3 Å². The number of fused-ring (bicyclic) bond motifs is 1. The molecule has 0 aliphatic carbocycles. The number of nitrogen functional groups attached to an aromatic ring is 1. The van der Waals surface area contributed by atoms with Gasteiger partial charge in [-0.15, -0.1) is 0 Å². The monoisotopic (exact) mass is 302 g/mol. The van der Waals surface area contributed by atoms with Crippen molar-refractivity contribution in [3.05, 3.63) is 46.6 Å². The van der Waals surface area contributed by atoms with Crippen molar-refractivity contribution in [3.8, 4) is 0 Å². The molecule has 1 aromatic heterocycles. The van der Waals surface area contributed by atoms with Gasteiger partial charge in [0.2, 0.25) is 0 Å². The number of rotatable bonds is 2. The third kappa shape index (κ3) is 2.19. The van der Waals surface area contributed by atoms with Crippen LogP contribution in [0.25, 0.3) is 0 Å². The van der Waals surface area contributed by atoms with Gasteiger partial charge >= 0.3 is 0 Å². The predicted molar refractivity (Wildman–Crippen MR) is 79.8 cm³/mol. The Kier molecular flexibility index (Phi) is 3.03. The first-order chi connectivity index (χ1) is 9.97. The summed E-state index contributed by atoms with van der Waals surface area (Å²) in [6.07, 6.45) is 0. The van der Waals surface area contributed by atoms with Gasteiger partial charge in [0.05, 0.1) is 16.8 Å². The van der Waals surface area contributed by atoms with Gasteiger partial charge in [-0.25, -0.2) is 4.98 Å². The lowest BCUT2D eigenvalue weighted by Crippen LogP contribution is -2.24. The Hall–Kier alpha value is -2.60. The molecular weight excluding hydrogens is 292 g/mol. The number of halogens is 1. The Bertz CT molecular complexity index is 776. The van der Waals surface area contributed by atoms with Crippen LogP contribution in [0, 0.1) is 0 Å². The number of nitrogens with two attached hydrogens (primary N) is 1. The molecule has 106 valence electrons. The maximum Gasteiger partial charge on any atom is 0.261 e. The Morgan fingerprint density at radius 2 is 1.86 bits per heavy atom. The first-order valence-corrected chi connectivity index (χ1v) is 6.50. The predicted octanol–water partition coefficient (Wildman–Crippen LogP) is 2.29. The molecule has 0 radical (unpaired) electrons. The fraction of sp³-hybridized carbons (Fsp3) is 0.0714. The number of imide groups is 1. The third-order valence-electron chi connectivity index (χ3n) is 3.24. The third-order valence-corrected chi connectivity index (χ3v) is 3.46. The van der Waals surface area contributed by atoms with Crippen LogP contribution in [0.2, 0.25) is 5.15 Å². The lowest BCUT2D eigenvalue weighted by Gasteiger charge is -2.09. The van der Waals surface area contributed by atoms with E-state index in [0.29, 0.717) is 33.5 Å². The van der Waals surface area contributed by atoms with E-state index in [4.69, 9.17) is 17.3 Å². The molecule has 0 spiro atoms. The summed E-state index contributed by atoms with van der Waals surface area (Å²) in [5.74, 6) is -0.236. The molecule has 0 atom stereocenters. The zero-order chi connectivity index (χ0) is 15.1. The van der Waals surface area contributed by atoms with Crippen LogP contribution in [0.3, 0.4) is 0 Å². The molecule has 0 unspecified atom stereocenters. The second-order valence-corrected chi connectivity index (χ2v) is 5.01. The van der Waals surface area contributed by atoms with E-state index in [9.17, 15) is 9.59 Å². The van der Waals surface area contributed by atoms with Crippen LogP contribution >= 0.6 is 11.6 Å².